The monoisotopic (exact) mass is 284 g/mol. The molecule has 0 aliphatic rings. The van der Waals surface area contributed by atoms with Gasteiger partial charge in [0.15, 0.2) is 0 Å². The minimum atomic E-state index is -0.0113. The lowest BCUT2D eigenvalue weighted by Gasteiger charge is -2.03. The van der Waals surface area contributed by atoms with Crippen LogP contribution in [-0.4, -0.2) is 9.55 Å². The Morgan fingerprint density at radius 3 is 3.00 bits per heavy atom. The van der Waals surface area contributed by atoms with Crippen LogP contribution in [0.2, 0.25) is 0 Å². The molecule has 0 fully saturated rings. The van der Waals surface area contributed by atoms with Crippen LogP contribution in [0.15, 0.2) is 33.1 Å². The predicted octanol–water partition coefficient (Wildman–Crippen LogP) is 2.42. The molecule has 15 heavy (non-hydrogen) atoms. The van der Waals surface area contributed by atoms with Crippen LogP contribution in [-0.2, 0) is 6.54 Å². The molecule has 0 aliphatic heterocycles. The summed E-state index contributed by atoms with van der Waals surface area (Å²) in [6.07, 6.45) is 1.59. The van der Waals surface area contributed by atoms with Gasteiger partial charge < -0.3 is 0 Å². The fraction of sp³-hybridized carbons (Fsp3) is 0.200. The SMILES string of the molecule is Cc1cc(=O)n(Cc2sccc2Br)cn1. The Labute approximate surface area is 99.5 Å². The summed E-state index contributed by atoms with van der Waals surface area (Å²) in [7, 11) is 0. The van der Waals surface area contributed by atoms with Crippen molar-refractivity contribution in [3.63, 3.8) is 0 Å². The van der Waals surface area contributed by atoms with Crippen molar-refractivity contribution in [3.8, 4) is 0 Å². The lowest BCUT2D eigenvalue weighted by Crippen LogP contribution is -2.20. The average Bonchev–Trinajstić information content (AvgIpc) is 2.57. The third-order valence-electron chi connectivity index (χ3n) is 2.02. The van der Waals surface area contributed by atoms with E-state index in [1.54, 1.807) is 28.3 Å². The summed E-state index contributed by atoms with van der Waals surface area (Å²) in [6.45, 7) is 2.39. The summed E-state index contributed by atoms with van der Waals surface area (Å²) in [5.74, 6) is 0. The van der Waals surface area contributed by atoms with E-state index in [-0.39, 0.29) is 5.56 Å². The Morgan fingerprint density at radius 2 is 2.40 bits per heavy atom. The molecule has 2 heterocycles. The van der Waals surface area contributed by atoms with Gasteiger partial charge in [0.25, 0.3) is 5.56 Å². The molecule has 0 amide bonds. The van der Waals surface area contributed by atoms with E-state index in [0.717, 1.165) is 15.0 Å². The maximum atomic E-state index is 11.6. The van der Waals surface area contributed by atoms with Gasteiger partial charge in [0.05, 0.1) is 12.9 Å². The van der Waals surface area contributed by atoms with E-state index in [2.05, 4.69) is 20.9 Å². The normalized spacial score (nSPS) is 10.5. The van der Waals surface area contributed by atoms with Gasteiger partial charge in [-0.15, -0.1) is 11.3 Å². The first-order chi connectivity index (χ1) is 7.16. The first-order valence-corrected chi connectivity index (χ1v) is 6.09. The highest BCUT2D eigenvalue weighted by Crippen LogP contribution is 2.22. The first-order valence-electron chi connectivity index (χ1n) is 4.42. The Kier molecular flexibility index (Phi) is 3.02. The zero-order chi connectivity index (χ0) is 10.8. The van der Waals surface area contributed by atoms with Crippen LogP contribution < -0.4 is 5.56 Å². The summed E-state index contributed by atoms with van der Waals surface area (Å²) >= 11 is 5.06. The molecular weight excluding hydrogens is 276 g/mol. The van der Waals surface area contributed by atoms with Crippen LogP contribution in [0.1, 0.15) is 10.6 Å². The van der Waals surface area contributed by atoms with E-state index in [0.29, 0.717) is 6.54 Å². The Morgan fingerprint density at radius 1 is 1.60 bits per heavy atom. The summed E-state index contributed by atoms with van der Waals surface area (Å²) in [5.41, 5.74) is 0.740. The molecule has 0 radical (unpaired) electrons. The third-order valence-corrected chi connectivity index (χ3v) is 3.93. The number of hydrogen-bond acceptors (Lipinski definition) is 3. The third kappa shape index (κ3) is 2.35. The smallest absolute Gasteiger partial charge is 0.253 e. The molecule has 78 valence electrons. The summed E-state index contributed by atoms with van der Waals surface area (Å²) in [5, 5.41) is 1.99. The van der Waals surface area contributed by atoms with E-state index in [1.807, 2.05) is 18.4 Å². The quantitative estimate of drug-likeness (QED) is 0.849. The summed E-state index contributed by atoms with van der Waals surface area (Å²) in [4.78, 5) is 16.8. The maximum Gasteiger partial charge on any atom is 0.253 e. The molecule has 0 bridgehead atoms. The van der Waals surface area contributed by atoms with Crippen molar-refractivity contribution in [1.82, 2.24) is 9.55 Å². The summed E-state index contributed by atoms with van der Waals surface area (Å²) < 4.78 is 2.64. The minimum absolute atomic E-state index is 0.0113. The minimum Gasteiger partial charge on any atom is -0.294 e. The van der Waals surface area contributed by atoms with Crippen molar-refractivity contribution in [1.29, 1.82) is 0 Å². The molecule has 0 unspecified atom stereocenters. The molecule has 0 N–H and O–H groups in total. The van der Waals surface area contributed by atoms with Gasteiger partial charge in [-0.3, -0.25) is 9.36 Å². The van der Waals surface area contributed by atoms with Gasteiger partial charge in [-0.1, -0.05) is 0 Å². The number of hydrogen-bond donors (Lipinski definition) is 0. The lowest BCUT2D eigenvalue weighted by atomic mass is 10.4. The largest absolute Gasteiger partial charge is 0.294 e. The van der Waals surface area contributed by atoms with Crippen molar-refractivity contribution in [3.05, 3.63) is 49.2 Å². The van der Waals surface area contributed by atoms with Crippen LogP contribution in [0.25, 0.3) is 0 Å². The van der Waals surface area contributed by atoms with Crippen molar-refractivity contribution < 1.29 is 0 Å². The second-order valence-corrected chi connectivity index (χ2v) is 5.04. The molecule has 0 atom stereocenters. The number of halogens is 1. The van der Waals surface area contributed by atoms with E-state index in [1.165, 1.54) is 0 Å². The van der Waals surface area contributed by atoms with Crippen molar-refractivity contribution in [2.75, 3.05) is 0 Å². The van der Waals surface area contributed by atoms with Gasteiger partial charge in [0.2, 0.25) is 0 Å². The Hall–Kier alpha value is -0.940. The van der Waals surface area contributed by atoms with Crippen LogP contribution in [0.4, 0.5) is 0 Å². The average molecular weight is 285 g/mol. The molecule has 2 rings (SSSR count). The molecule has 0 aliphatic carbocycles. The van der Waals surface area contributed by atoms with Crippen molar-refractivity contribution in [2.45, 2.75) is 13.5 Å². The molecule has 0 aromatic carbocycles. The molecule has 2 aromatic rings. The topological polar surface area (TPSA) is 34.9 Å². The lowest BCUT2D eigenvalue weighted by molar-refractivity contribution is 0.737. The molecule has 0 spiro atoms. The van der Waals surface area contributed by atoms with Crippen LogP contribution in [0.3, 0.4) is 0 Å². The molecule has 2 aromatic heterocycles. The second kappa shape index (κ2) is 4.28. The van der Waals surface area contributed by atoms with Crippen molar-refractivity contribution in [2.24, 2.45) is 0 Å². The highest BCUT2D eigenvalue weighted by atomic mass is 79.9. The number of thiophene rings is 1. The molecule has 0 saturated heterocycles. The molecule has 3 nitrogen and oxygen atoms in total. The molecule has 0 saturated carbocycles. The zero-order valence-corrected chi connectivity index (χ0v) is 10.5. The fourth-order valence-electron chi connectivity index (χ4n) is 1.23. The maximum absolute atomic E-state index is 11.6. The van der Waals surface area contributed by atoms with Crippen molar-refractivity contribution >= 4 is 27.3 Å². The van der Waals surface area contributed by atoms with Gasteiger partial charge in [-0.2, -0.15) is 0 Å². The molecule has 5 heteroatoms. The van der Waals surface area contributed by atoms with Crippen LogP contribution in [0.5, 0.6) is 0 Å². The zero-order valence-electron chi connectivity index (χ0n) is 8.11. The number of nitrogens with zero attached hydrogens (tertiary/aromatic N) is 2. The van der Waals surface area contributed by atoms with Gasteiger partial charge in [0, 0.05) is 21.1 Å². The Bertz CT molecular complexity index is 532. The van der Waals surface area contributed by atoms with E-state index < -0.39 is 0 Å². The predicted molar refractivity (Wildman–Crippen MR) is 64.4 cm³/mol. The van der Waals surface area contributed by atoms with E-state index in [9.17, 15) is 4.79 Å². The van der Waals surface area contributed by atoms with E-state index in [4.69, 9.17) is 0 Å². The van der Waals surface area contributed by atoms with Gasteiger partial charge >= 0.3 is 0 Å². The van der Waals surface area contributed by atoms with Gasteiger partial charge in [-0.25, -0.2) is 4.98 Å². The van der Waals surface area contributed by atoms with Crippen LogP contribution >= 0.6 is 27.3 Å². The first kappa shape index (κ1) is 10.6. The fourth-order valence-corrected chi connectivity index (χ4v) is 2.70. The van der Waals surface area contributed by atoms with E-state index >= 15 is 0 Å². The second-order valence-electron chi connectivity index (χ2n) is 3.19. The van der Waals surface area contributed by atoms with Crippen LogP contribution in [0, 0.1) is 6.92 Å². The standard InChI is InChI=1S/C10H9BrN2OS/c1-7-4-10(14)13(6-12-7)5-9-8(11)2-3-15-9/h2-4,6H,5H2,1H3. The van der Waals surface area contributed by atoms with Gasteiger partial charge in [-0.05, 0) is 34.3 Å². The Balaban J connectivity index is 2.33. The van der Waals surface area contributed by atoms with Gasteiger partial charge in [0.1, 0.15) is 0 Å². The highest BCUT2D eigenvalue weighted by Gasteiger charge is 2.03. The number of aromatic nitrogens is 2. The summed E-state index contributed by atoms with van der Waals surface area (Å²) in [6, 6.07) is 3.52. The number of rotatable bonds is 2. The highest BCUT2D eigenvalue weighted by molar-refractivity contribution is 9.10. The number of aryl methyl sites for hydroxylation is 1. The molecular formula is C10H9BrN2OS.